The molecule has 4 rings (SSSR count). The molecule has 0 radical (unpaired) electrons. The highest BCUT2D eigenvalue weighted by Crippen LogP contribution is 2.56. The van der Waals surface area contributed by atoms with Crippen LogP contribution in [-0.2, 0) is 9.59 Å². The molecule has 3 aliphatic rings. The van der Waals surface area contributed by atoms with Crippen LogP contribution in [0, 0.1) is 23.7 Å². The maximum absolute atomic E-state index is 12.3. The number of amides is 1. The van der Waals surface area contributed by atoms with Gasteiger partial charge in [0.05, 0.1) is 5.92 Å². The van der Waals surface area contributed by atoms with E-state index < -0.39 is 5.97 Å². The molecule has 0 unspecified atom stereocenters. The zero-order valence-electron chi connectivity index (χ0n) is 11.0. The van der Waals surface area contributed by atoms with Gasteiger partial charge in [-0.1, -0.05) is 0 Å². The summed E-state index contributed by atoms with van der Waals surface area (Å²) in [6.45, 7) is 0. The standard InChI is InChI=1S/C15H17NO3S/c17-14(11-3-8(11)7-1-2-20-6-7)16-13-5-12(15(18)19)9-4-10(9)13/h1-2,6,8-13H,3-5H2,(H,16,17)(H,18,19)/t8-,9+,10-,11+,12+,13-/m0/s1. The minimum Gasteiger partial charge on any atom is -0.481 e. The fourth-order valence-electron chi connectivity index (χ4n) is 3.86. The van der Waals surface area contributed by atoms with E-state index in [0.29, 0.717) is 24.2 Å². The van der Waals surface area contributed by atoms with Crippen LogP contribution < -0.4 is 5.32 Å². The summed E-state index contributed by atoms with van der Waals surface area (Å²) >= 11 is 1.67. The Bertz CT molecular complexity index is 555. The molecule has 4 nitrogen and oxygen atoms in total. The van der Waals surface area contributed by atoms with E-state index in [0.717, 1.165) is 12.8 Å². The summed E-state index contributed by atoms with van der Waals surface area (Å²) in [6.07, 6.45) is 2.53. The van der Waals surface area contributed by atoms with Crippen molar-refractivity contribution in [3.63, 3.8) is 0 Å². The van der Waals surface area contributed by atoms with Gasteiger partial charge in [0, 0.05) is 12.0 Å². The Morgan fingerprint density at radius 2 is 2.05 bits per heavy atom. The number of hydrogen-bond donors (Lipinski definition) is 2. The van der Waals surface area contributed by atoms with E-state index in [1.54, 1.807) is 11.3 Å². The average Bonchev–Trinajstić information content (AvgIpc) is 3.30. The monoisotopic (exact) mass is 291 g/mol. The molecule has 0 spiro atoms. The van der Waals surface area contributed by atoms with Crippen molar-refractivity contribution in [2.75, 3.05) is 0 Å². The van der Waals surface area contributed by atoms with E-state index in [1.807, 2.05) is 5.38 Å². The zero-order chi connectivity index (χ0) is 13.9. The highest BCUT2D eigenvalue weighted by atomic mass is 32.1. The van der Waals surface area contributed by atoms with Crippen LogP contribution in [0.1, 0.15) is 30.7 Å². The van der Waals surface area contributed by atoms with E-state index in [2.05, 4.69) is 16.8 Å². The lowest BCUT2D eigenvalue weighted by atomic mass is 10.0. The van der Waals surface area contributed by atoms with Gasteiger partial charge in [-0.25, -0.2) is 0 Å². The molecule has 0 aliphatic heterocycles. The number of rotatable bonds is 4. The van der Waals surface area contributed by atoms with Gasteiger partial charge in [0.2, 0.25) is 5.91 Å². The summed E-state index contributed by atoms with van der Waals surface area (Å²) in [4.78, 5) is 23.4. The van der Waals surface area contributed by atoms with Crippen molar-refractivity contribution in [1.82, 2.24) is 5.32 Å². The summed E-state index contributed by atoms with van der Waals surface area (Å²) in [6, 6.07) is 2.19. The molecule has 3 saturated carbocycles. The van der Waals surface area contributed by atoms with Crippen LogP contribution in [0.25, 0.3) is 0 Å². The summed E-state index contributed by atoms with van der Waals surface area (Å²) in [5.74, 6) is 0.401. The Hall–Kier alpha value is -1.36. The molecule has 1 heterocycles. The number of thiophene rings is 1. The number of hydrogen-bond acceptors (Lipinski definition) is 3. The third-order valence-corrected chi connectivity index (χ3v) is 5.88. The van der Waals surface area contributed by atoms with Gasteiger partial charge >= 0.3 is 5.97 Å². The van der Waals surface area contributed by atoms with Crippen molar-refractivity contribution in [3.8, 4) is 0 Å². The maximum Gasteiger partial charge on any atom is 0.306 e. The van der Waals surface area contributed by atoms with Gasteiger partial charge in [-0.3, -0.25) is 9.59 Å². The molecule has 0 aromatic carbocycles. The molecule has 6 atom stereocenters. The lowest BCUT2D eigenvalue weighted by Gasteiger charge is -2.15. The summed E-state index contributed by atoms with van der Waals surface area (Å²) in [7, 11) is 0. The molecular weight excluding hydrogens is 274 g/mol. The molecule has 2 N–H and O–H groups in total. The van der Waals surface area contributed by atoms with Crippen LogP contribution in [0.4, 0.5) is 0 Å². The topological polar surface area (TPSA) is 66.4 Å². The van der Waals surface area contributed by atoms with Crippen molar-refractivity contribution < 1.29 is 14.7 Å². The summed E-state index contributed by atoms with van der Waals surface area (Å²) in [5, 5.41) is 16.4. The minimum atomic E-state index is -0.697. The fourth-order valence-corrected chi connectivity index (χ4v) is 4.59. The molecule has 1 aromatic rings. The SMILES string of the molecule is O=C(O)[C@@H]1C[C@H](NC(=O)[C@@H]2C[C@H]2c2ccsc2)[C@H]2C[C@H]21. The molecule has 1 aromatic heterocycles. The number of carboxylic acids is 1. The fraction of sp³-hybridized carbons (Fsp3) is 0.600. The Labute approximate surface area is 121 Å². The van der Waals surface area contributed by atoms with E-state index in [-0.39, 0.29) is 23.8 Å². The zero-order valence-corrected chi connectivity index (χ0v) is 11.8. The molecular formula is C15H17NO3S. The largest absolute Gasteiger partial charge is 0.481 e. The molecule has 3 fully saturated rings. The second kappa shape index (κ2) is 4.32. The first-order valence-electron chi connectivity index (χ1n) is 7.20. The van der Waals surface area contributed by atoms with E-state index in [9.17, 15) is 9.59 Å². The molecule has 0 saturated heterocycles. The van der Waals surface area contributed by atoms with Crippen LogP contribution in [0.3, 0.4) is 0 Å². The van der Waals surface area contributed by atoms with Gasteiger partial charge < -0.3 is 10.4 Å². The Morgan fingerprint density at radius 1 is 1.20 bits per heavy atom. The normalized spacial score (nSPS) is 41.0. The first-order valence-corrected chi connectivity index (χ1v) is 8.14. The van der Waals surface area contributed by atoms with Crippen LogP contribution in [0.2, 0.25) is 0 Å². The first-order chi connectivity index (χ1) is 9.65. The minimum absolute atomic E-state index is 0.0947. The van der Waals surface area contributed by atoms with Gasteiger partial charge in [-0.15, -0.1) is 0 Å². The van der Waals surface area contributed by atoms with Gasteiger partial charge in [0.15, 0.2) is 0 Å². The van der Waals surface area contributed by atoms with Crippen molar-refractivity contribution in [1.29, 1.82) is 0 Å². The quantitative estimate of drug-likeness (QED) is 0.892. The predicted octanol–water partition coefficient (Wildman–Crippen LogP) is 2.08. The lowest BCUT2D eigenvalue weighted by molar-refractivity contribution is -0.142. The maximum atomic E-state index is 12.3. The lowest BCUT2D eigenvalue weighted by Crippen LogP contribution is -2.37. The molecule has 106 valence electrons. The van der Waals surface area contributed by atoms with E-state index >= 15 is 0 Å². The van der Waals surface area contributed by atoms with E-state index in [4.69, 9.17) is 5.11 Å². The Morgan fingerprint density at radius 3 is 2.70 bits per heavy atom. The molecule has 20 heavy (non-hydrogen) atoms. The van der Waals surface area contributed by atoms with Crippen LogP contribution in [-0.4, -0.2) is 23.0 Å². The molecule has 5 heteroatoms. The highest BCUT2D eigenvalue weighted by Gasteiger charge is 2.58. The number of nitrogens with one attached hydrogen (secondary N) is 1. The average molecular weight is 291 g/mol. The second-order valence-electron chi connectivity index (χ2n) is 6.36. The van der Waals surface area contributed by atoms with Gasteiger partial charge in [0.1, 0.15) is 0 Å². The Kier molecular flexibility index (Phi) is 2.67. The third-order valence-electron chi connectivity index (χ3n) is 5.18. The number of aliphatic carboxylic acids is 1. The van der Waals surface area contributed by atoms with Gasteiger partial charge in [-0.05, 0) is 59.4 Å². The van der Waals surface area contributed by atoms with Crippen LogP contribution in [0.15, 0.2) is 16.8 Å². The summed E-state index contributed by atoms with van der Waals surface area (Å²) < 4.78 is 0. The third kappa shape index (κ3) is 1.95. The predicted molar refractivity (Wildman–Crippen MR) is 74.4 cm³/mol. The van der Waals surface area contributed by atoms with E-state index in [1.165, 1.54) is 5.56 Å². The van der Waals surface area contributed by atoms with Crippen LogP contribution in [0.5, 0.6) is 0 Å². The van der Waals surface area contributed by atoms with Crippen LogP contribution >= 0.6 is 11.3 Å². The summed E-state index contributed by atoms with van der Waals surface area (Å²) in [5.41, 5.74) is 1.27. The molecule has 1 amide bonds. The number of carbonyl (C=O) groups is 2. The highest BCUT2D eigenvalue weighted by molar-refractivity contribution is 7.08. The van der Waals surface area contributed by atoms with Crippen molar-refractivity contribution in [3.05, 3.63) is 22.4 Å². The Balaban J connectivity index is 1.35. The number of carboxylic acid groups (broad SMARTS) is 1. The molecule has 0 bridgehead atoms. The molecule has 3 aliphatic carbocycles. The van der Waals surface area contributed by atoms with Crippen molar-refractivity contribution in [2.45, 2.75) is 31.2 Å². The van der Waals surface area contributed by atoms with Gasteiger partial charge in [0.25, 0.3) is 0 Å². The number of fused-ring (bicyclic) bond motifs is 1. The second-order valence-corrected chi connectivity index (χ2v) is 7.14. The smallest absolute Gasteiger partial charge is 0.306 e. The van der Waals surface area contributed by atoms with Crippen molar-refractivity contribution >= 4 is 23.2 Å². The first kappa shape index (κ1) is 12.4. The van der Waals surface area contributed by atoms with Crippen molar-refractivity contribution in [2.24, 2.45) is 23.7 Å². The number of carbonyl (C=O) groups excluding carboxylic acids is 1. The van der Waals surface area contributed by atoms with Gasteiger partial charge in [-0.2, -0.15) is 11.3 Å².